The maximum Gasteiger partial charge on any atom is 0.308 e. The molecular formula is C10H14ClNO2S. The number of hydrogen-bond acceptors (Lipinski definition) is 3. The van der Waals surface area contributed by atoms with Gasteiger partial charge in [0.25, 0.3) is 0 Å². The summed E-state index contributed by atoms with van der Waals surface area (Å²) >= 11 is 7.27. The van der Waals surface area contributed by atoms with Crippen molar-refractivity contribution in [2.75, 3.05) is 18.5 Å². The highest BCUT2D eigenvalue weighted by Crippen LogP contribution is 2.29. The number of anilines is 1. The summed E-state index contributed by atoms with van der Waals surface area (Å²) in [5, 5.41) is 9.92. The molecule has 5 heteroatoms. The average molecular weight is 248 g/mol. The molecule has 1 heterocycles. The first kappa shape index (κ1) is 12.3. The summed E-state index contributed by atoms with van der Waals surface area (Å²) in [4.78, 5) is 12.8. The number of nitrogens with zero attached hydrogens (tertiary/aromatic N) is 1. The van der Waals surface area contributed by atoms with Crippen LogP contribution in [0.5, 0.6) is 0 Å². The van der Waals surface area contributed by atoms with Gasteiger partial charge in [-0.3, -0.25) is 4.79 Å². The molecule has 1 aromatic rings. The van der Waals surface area contributed by atoms with E-state index >= 15 is 0 Å². The Morgan fingerprint density at radius 2 is 2.33 bits per heavy atom. The summed E-state index contributed by atoms with van der Waals surface area (Å²) in [6.07, 6.45) is 0.638. The lowest BCUT2D eigenvalue weighted by molar-refractivity contribution is -0.141. The molecular weight excluding hydrogens is 234 g/mol. The quantitative estimate of drug-likeness (QED) is 0.870. The molecule has 3 nitrogen and oxygen atoms in total. The van der Waals surface area contributed by atoms with Crippen molar-refractivity contribution in [3.63, 3.8) is 0 Å². The third-order valence-electron chi connectivity index (χ3n) is 2.27. The van der Waals surface area contributed by atoms with Crippen molar-refractivity contribution < 1.29 is 9.90 Å². The zero-order chi connectivity index (χ0) is 11.4. The number of aliphatic carboxylic acids is 1. The Balaban J connectivity index is 2.62. The van der Waals surface area contributed by atoms with Crippen LogP contribution in [0.15, 0.2) is 12.1 Å². The number of carboxylic acid groups (broad SMARTS) is 1. The van der Waals surface area contributed by atoms with Crippen LogP contribution in [-0.4, -0.2) is 24.7 Å². The fourth-order valence-corrected chi connectivity index (χ4v) is 2.31. The van der Waals surface area contributed by atoms with Gasteiger partial charge in [0.05, 0.1) is 15.3 Å². The number of halogens is 1. The van der Waals surface area contributed by atoms with Crippen LogP contribution in [0.4, 0.5) is 5.00 Å². The third kappa shape index (κ3) is 3.39. The van der Waals surface area contributed by atoms with E-state index in [1.165, 1.54) is 11.3 Å². The molecule has 0 saturated heterocycles. The molecule has 0 amide bonds. The van der Waals surface area contributed by atoms with Crippen molar-refractivity contribution in [1.29, 1.82) is 0 Å². The molecule has 1 atom stereocenters. The molecule has 0 aliphatic heterocycles. The lowest BCUT2D eigenvalue weighted by atomic mass is 10.1. The lowest BCUT2D eigenvalue weighted by Crippen LogP contribution is -2.29. The third-order valence-corrected chi connectivity index (χ3v) is 3.62. The summed E-state index contributed by atoms with van der Waals surface area (Å²) in [5.74, 6) is -1.07. The molecule has 0 aliphatic rings. The summed E-state index contributed by atoms with van der Waals surface area (Å²) in [7, 11) is 1.88. The van der Waals surface area contributed by atoms with E-state index in [-0.39, 0.29) is 5.92 Å². The van der Waals surface area contributed by atoms with Gasteiger partial charge in [-0.2, -0.15) is 0 Å². The van der Waals surface area contributed by atoms with Crippen molar-refractivity contribution in [1.82, 2.24) is 0 Å². The normalized spacial score (nSPS) is 12.5. The Morgan fingerprint density at radius 1 is 1.67 bits per heavy atom. The van der Waals surface area contributed by atoms with Crippen molar-refractivity contribution in [3.8, 4) is 0 Å². The molecule has 1 aromatic heterocycles. The van der Waals surface area contributed by atoms with E-state index in [0.717, 1.165) is 9.34 Å². The SMILES string of the molecule is CCC(CN(C)c1ccc(Cl)s1)C(=O)O. The molecule has 0 fully saturated rings. The molecule has 1 N–H and O–H groups in total. The zero-order valence-electron chi connectivity index (χ0n) is 8.74. The van der Waals surface area contributed by atoms with E-state index in [4.69, 9.17) is 16.7 Å². The number of thiophene rings is 1. The number of carboxylic acids is 1. The minimum absolute atomic E-state index is 0.323. The second-order valence-electron chi connectivity index (χ2n) is 3.40. The molecule has 0 aromatic carbocycles. The minimum Gasteiger partial charge on any atom is -0.481 e. The maximum atomic E-state index is 10.9. The Labute approximate surface area is 98.3 Å². The second kappa shape index (κ2) is 5.37. The van der Waals surface area contributed by atoms with E-state index in [9.17, 15) is 4.79 Å². The topological polar surface area (TPSA) is 40.5 Å². The predicted molar refractivity (Wildman–Crippen MR) is 64.0 cm³/mol. The fraction of sp³-hybridized carbons (Fsp3) is 0.500. The van der Waals surface area contributed by atoms with Gasteiger partial charge in [-0.25, -0.2) is 0 Å². The number of rotatable bonds is 5. The summed E-state index contributed by atoms with van der Waals surface area (Å²) in [6.45, 7) is 2.40. The van der Waals surface area contributed by atoms with Gasteiger partial charge >= 0.3 is 5.97 Å². The molecule has 0 aliphatic carbocycles. The van der Waals surface area contributed by atoms with Gasteiger partial charge in [0.1, 0.15) is 0 Å². The zero-order valence-corrected chi connectivity index (χ0v) is 10.3. The van der Waals surface area contributed by atoms with Gasteiger partial charge in [0.2, 0.25) is 0 Å². The van der Waals surface area contributed by atoms with Crippen molar-refractivity contribution in [2.24, 2.45) is 5.92 Å². The van der Waals surface area contributed by atoms with Gasteiger partial charge in [-0.05, 0) is 18.6 Å². The van der Waals surface area contributed by atoms with Gasteiger partial charge in [0.15, 0.2) is 0 Å². The average Bonchev–Trinajstić information content (AvgIpc) is 2.60. The minimum atomic E-state index is -0.744. The predicted octanol–water partition coefficient (Wildman–Crippen LogP) is 2.95. The van der Waals surface area contributed by atoms with E-state index in [1.807, 2.05) is 31.0 Å². The highest BCUT2D eigenvalue weighted by atomic mass is 35.5. The molecule has 0 radical (unpaired) electrons. The van der Waals surface area contributed by atoms with Crippen LogP contribution in [0, 0.1) is 5.92 Å². The van der Waals surface area contributed by atoms with Gasteiger partial charge in [-0.15, -0.1) is 11.3 Å². The summed E-state index contributed by atoms with van der Waals surface area (Å²) in [6, 6.07) is 3.72. The van der Waals surface area contributed by atoms with Crippen LogP contribution in [0.3, 0.4) is 0 Å². The second-order valence-corrected chi connectivity index (χ2v) is 5.10. The summed E-state index contributed by atoms with van der Waals surface area (Å²) < 4.78 is 0.722. The Hall–Kier alpha value is -0.740. The van der Waals surface area contributed by atoms with E-state index in [0.29, 0.717) is 13.0 Å². The van der Waals surface area contributed by atoms with Crippen LogP contribution < -0.4 is 4.90 Å². The highest BCUT2D eigenvalue weighted by molar-refractivity contribution is 7.19. The van der Waals surface area contributed by atoms with Crippen LogP contribution in [0.25, 0.3) is 0 Å². The van der Waals surface area contributed by atoms with Crippen LogP contribution >= 0.6 is 22.9 Å². The number of carbonyl (C=O) groups is 1. The van der Waals surface area contributed by atoms with Crippen molar-refractivity contribution in [3.05, 3.63) is 16.5 Å². The van der Waals surface area contributed by atoms with Crippen LogP contribution in [0.2, 0.25) is 4.34 Å². The first-order chi connectivity index (χ1) is 7.04. The maximum absolute atomic E-state index is 10.9. The van der Waals surface area contributed by atoms with Crippen molar-refractivity contribution in [2.45, 2.75) is 13.3 Å². The molecule has 15 heavy (non-hydrogen) atoms. The fourth-order valence-electron chi connectivity index (χ4n) is 1.31. The molecule has 1 unspecified atom stereocenters. The molecule has 84 valence electrons. The van der Waals surface area contributed by atoms with E-state index in [1.54, 1.807) is 0 Å². The highest BCUT2D eigenvalue weighted by Gasteiger charge is 2.18. The summed E-state index contributed by atoms with van der Waals surface area (Å²) in [5.41, 5.74) is 0. The molecule has 0 saturated carbocycles. The lowest BCUT2D eigenvalue weighted by Gasteiger charge is -2.20. The number of hydrogen-bond donors (Lipinski definition) is 1. The van der Waals surface area contributed by atoms with Crippen LogP contribution in [0.1, 0.15) is 13.3 Å². The van der Waals surface area contributed by atoms with Gasteiger partial charge in [-0.1, -0.05) is 18.5 Å². The van der Waals surface area contributed by atoms with E-state index in [2.05, 4.69) is 0 Å². The first-order valence-corrected chi connectivity index (χ1v) is 5.93. The monoisotopic (exact) mass is 247 g/mol. The smallest absolute Gasteiger partial charge is 0.308 e. The van der Waals surface area contributed by atoms with Crippen molar-refractivity contribution >= 4 is 33.9 Å². The standard InChI is InChI=1S/C10H14ClNO2S/c1-3-7(10(13)14)6-12(2)9-5-4-8(11)15-9/h4-5,7H,3,6H2,1-2H3,(H,13,14). The molecule has 0 bridgehead atoms. The Morgan fingerprint density at radius 3 is 2.73 bits per heavy atom. The van der Waals surface area contributed by atoms with Gasteiger partial charge in [0, 0.05) is 13.6 Å². The van der Waals surface area contributed by atoms with Crippen LogP contribution in [-0.2, 0) is 4.79 Å². The first-order valence-electron chi connectivity index (χ1n) is 4.73. The van der Waals surface area contributed by atoms with Gasteiger partial charge < -0.3 is 10.0 Å². The van der Waals surface area contributed by atoms with E-state index < -0.39 is 5.97 Å². The largest absolute Gasteiger partial charge is 0.481 e. The Kier molecular flexibility index (Phi) is 4.42. The molecule has 0 spiro atoms. The Bertz CT molecular complexity index is 340. The molecule has 1 rings (SSSR count).